The number of fused-ring (bicyclic) bond motifs is 6. The molecule has 0 saturated heterocycles. The highest BCUT2D eigenvalue weighted by atomic mass is 15.2. The summed E-state index contributed by atoms with van der Waals surface area (Å²) in [5, 5.41) is 7.62. The van der Waals surface area contributed by atoms with Gasteiger partial charge in [-0.3, -0.25) is 0 Å². The van der Waals surface area contributed by atoms with Gasteiger partial charge >= 0.3 is 0 Å². The fourth-order valence-electron chi connectivity index (χ4n) is 13.3. The van der Waals surface area contributed by atoms with Gasteiger partial charge in [0.1, 0.15) is 0 Å². The van der Waals surface area contributed by atoms with E-state index in [1.54, 1.807) is 0 Å². The van der Waals surface area contributed by atoms with Gasteiger partial charge in [-0.1, -0.05) is 194 Å². The smallest absolute Gasteiger partial charge is 0.0562 e. The molecule has 0 radical (unpaired) electrons. The molecule has 4 nitrogen and oxygen atoms in total. The number of hydrogen-bond acceptors (Lipinski definition) is 2. The number of rotatable bonds is 10. The molecule has 80 heavy (non-hydrogen) atoms. The first-order chi connectivity index (χ1) is 39.7. The molecule has 2 heterocycles. The first-order valence-electron chi connectivity index (χ1n) is 27.7. The number of allylic oxidation sites excluding steroid dienone is 2. The Balaban J connectivity index is 0.747. The Labute approximate surface area is 464 Å². The molecule has 0 aliphatic heterocycles. The van der Waals surface area contributed by atoms with Crippen LogP contribution >= 0.6 is 0 Å². The summed E-state index contributed by atoms with van der Waals surface area (Å²) in [4.78, 5) is 4.77. The van der Waals surface area contributed by atoms with Crippen LogP contribution in [0.2, 0.25) is 0 Å². The zero-order valence-electron chi connectivity index (χ0n) is 43.8. The van der Waals surface area contributed by atoms with Crippen molar-refractivity contribution in [3.05, 3.63) is 325 Å². The van der Waals surface area contributed by atoms with Gasteiger partial charge in [0, 0.05) is 67.5 Å². The van der Waals surface area contributed by atoms with Gasteiger partial charge < -0.3 is 18.9 Å². The van der Waals surface area contributed by atoms with Crippen molar-refractivity contribution in [1.29, 1.82) is 0 Å². The number of anilines is 6. The molecule has 2 aromatic heterocycles. The van der Waals surface area contributed by atoms with E-state index in [1.807, 2.05) is 0 Å². The van der Waals surface area contributed by atoms with Crippen molar-refractivity contribution in [2.24, 2.45) is 0 Å². The molecule has 0 spiro atoms. The maximum absolute atomic E-state index is 2.44. The summed E-state index contributed by atoms with van der Waals surface area (Å²) in [7, 11) is 0. The highest BCUT2D eigenvalue weighted by molar-refractivity contribution is 6.18. The minimum atomic E-state index is 0.110. The number of nitrogens with zero attached hydrogens (tertiary/aromatic N) is 4. The van der Waals surface area contributed by atoms with E-state index in [1.165, 1.54) is 87.8 Å². The molecule has 16 rings (SSSR count). The van der Waals surface area contributed by atoms with Crippen molar-refractivity contribution in [2.75, 3.05) is 9.80 Å². The fourth-order valence-corrected chi connectivity index (χ4v) is 13.3. The average Bonchev–Trinajstić information content (AvgIpc) is 4.22. The van der Waals surface area contributed by atoms with Gasteiger partial charge in [0.15, 0.2) is 0 Å². The van der Waals surface area contributed by atoms with Gasteiger partial charge in [-0.2, -0.15) is 0 Å². The Morgan fingerprint density at radius 2 is 0.600 bits per heavy atom. The normalized spacial score (nSPS) is 14.4. The van der Waals surface area contributed by atoms with E-state index in [0.29, 0.717) is 0 Å². The molecule has 0 amide bonds. The zero-order valence-corrected chi connectivity index (χ0v) is 43.8. The first-order valence-corrected chi connectivity index (χ1v) is 27.7. The van der Waals surface area contributed by atoms with Crippen LogP contribution in [0, 0.1) is 0 Å². The quantitative estimate of drug-likeness (QED) is 0.136. The van der Waals surface area contributed by atoms with Crippen LogP contribution < -0.4 is 9.80 Å². The van der Waals surface area contributed by atoms with Crippen LogP contribution in [0.15, 0.2) is 291 Å². The van der Waals surface area contributed by atoms with Gasteiger partial charge in [0.25, 0.3) is 0 Å². The molecule has 12 aromatic carbocycles. The minimum Gasteiger partial charge on any atom is -0.310 e. The molecule has 2 atom stereocenters. The molecular weight excluding hydrogens is 969 g/mol. The number of para-hydroxylation sites is 6. The summed E-state index contributed by atoms with van der Waals surface area (Å²) in [5.74, 6) is 0.220. The van der Waals surface area contributed by atoms with Gasteiger partial charge in [0.2, 0.25) is 0 Å². The van der Waals surface area contributed by atoms with Crippen molar-refractivity contribution in [2.45, 2.75) is 11.8 Å². The van der Waals surface area contributed by atoms with Crippen LogP contribution in [-0.2, 0) is 0 Å². The van der Waals surface area contributed by atoms with Crippen LogP contribution in [0.4, 0.5) is 34.1 Å². The third-order valence-corrected chi connectivity index (χ3v) is 16.8. The van der Waals surface area contributed by atoms with Gasteiger partial charge in [-0.25, -0.2) is 0 Å². The van der Waals surface area contributed by atoms with Gasteiger partial charge in [-0.05, 0) is 153 Å². The Bertz CT molecular complexity index is 4360. The summed E-state index contributed by atoms with van der Waals surface area (Å²) in [6.07, 6.45) is 9.51. The molecule has 0 N–H and O–H groups in total. The van der Waals surface area contributed by atoms with E-state index in [9.17, 15) is 0 Å². The second-order valence-corrected chi connectivity index (χ2v) is 21.2. The van der Waals surface area contributed by atoms with Crippen LogP contribution in [0.3, 0.4) is 0 Å². The molecule has 2 aliphatic rings. The molecular formula is C76H52N4. The predicted octanol–water partition coefficient (Wildman–Crippen LogP) is 20.3. The average molecular weight is 1020 g/mol. The number of aromatic nitrogens is 2. The van der Waals surface area contributed by atoms with Crippen LogP contribution in [0.1, 0.15) is 45.2 Å². The van der Waals surface area contributed by atoms with E-state index in [2.05, 4.69) is 322 Å². The Morgan fingerprint density at radius 3 is 0.975 bits per heavy atom. The summed E-state index contributed by atoms with van der Waals surface area (Å²) in [5.41, 5.74) is 21.6. The molecule has 14 aromatic rings. The summed E-state index contributed by atoms with van der Waals surface area (Å²) in [6, 6.07) is 102. The lowest BCUT2D eigenvalue weighted by Gasteiger charge is -2.28. The maximum Gasteiger partial charge on any atom is 0.0562 e. The van der Waals surface area contributed by atoms with E-state index >= 15 is 0 Å². The lowest BCUT2D eigenvalue weighted by atomic mass is 9.76. The molecule has 0 bridgehead atoms. The highest BCUT2D eigenvalue weighted by Crippen LogP contribution is 2.49. The van der Waals surface area contributed by atoms with E-state index in [-0.39, 0.29) is 11.8 Å². The van der Waals surface area contributed by atoms with Crippen molar-refractivity contribution in [3.63, 3.8) is 0 Å². The summed E-state index contributed by atoms with van der Waals surface area (Å²) in [6.45, 7) is 0. The lowest BCUT2D eigenvalue weighted by molar-refractivity contribution is 1.02. The Morgan fingerprint density at radius 1 is 0.263 bits per heavy atom. The molecule has 0 fully saturated rings. The molecule has 4 heteroatoms. The van der Waals surface area contributed by atoms with Crippen molar-refractivity contribution in [1.82, 2.24) is 9.13 Å². The SMILES string of the molecule is C1=CC(c2ccc(-n3c4ccccc4c4c(N(c5ccccc5)c5ccccc5)cccc43)cc2)c2ccc3c4c(ccc1c24)C(c1ccc(-n2c4ccccc4c4c(N(c5ccccc5)c5ccccc5)cccc42)cc1)C=C3. The predicted molar refractivity (Wildman–Crippen MR) is 337 cm³/mol. The standard InChI is InChI=1S/C76H52N4/c1-5-19-55(20-6-1)77(56-21-7-2-8-22-56)69-31-17-33-71-75(69)65-27-13-15-29-67(65)79(71)59-43-35-51(36-44-59)61-47-39-53-42-50-64-62(48-40-54-41-49-63(61)73(53)74(54)64)52-37-45-60(46-38-52)80-68-30-16-14-28-66(68)76-70(32-18-34-72(76)80)78(57-23-9-3-10-24-57)58-25-11-4-12-26-58/h1-50,61-62H. The molecule has 0 saturated carbocycles. The van der Waals surface area contributed by atoms with E-state index in [4.69, 9.17) is 0 Å². The lowest BCUT2D eigenvalue weighted by Crippen LogP contribution is -2.10. The second-order valence-electron chi connectivity index (χ2n) is 21.2. The van der Waals surface area contributed by atoms with Crippen LogP contribution in [0.25, 0.3) is 77.9 Å². The summed E-state index contributed by atoms with van der Waals surface area (Å²) >= 11 is 0. The van der Waals surface area contributed by atoms with Crippen molar-refractivity contribution >= 4 is 101 Å². The number of hydrogen-bond donors (Lipinski definition) is 0. The third-order valence-electron chi connectivity index (χ3n) is 16.8. The Kier molecular flexibility index (Phi) is 10.7. The minimum absolute atomic E-state index is 0.110. The van der Waals surface area contributed by atoms with Crippen LogP contribution in [-0.4, -0.2) is 9.13 Å². The summed E-state index contributed by atoms with van der Waals surface area (Å²) < 4.78 is 4.88. The van der Waals surface area contributed by atoms with Gasteiger partial charge in [-0.15, -0.1) is 0 Å². The topological polar surface area (TPSA) is 16.3 Å². The van der Waals surface area contributed by atoms with Crippen molar-refractivity contribution in [3.8, 4) is 11.4 Å². The molecule has 376 valence electrons. The number of benzene rings is 12. The largest absolute Gasteiger partial charge is 0.310 e. The Hall–Kier alpha value is -10.4. The van der Waals surface area contributed by atoms with Crippen molar-refractivity contribution < 1.29 is 0 Å². The van der Waals surface area contributed by atoms with E-state index < -0.39 is 0 Å². The first kappa shape index (κ1) is 45.7. The molecule has 2 aliphatic carbocycles. The van der Waals surface area contributed by atoms with Gasteiger partial charge in [0.05, 0.1) is 33.4 Å². The van der Waals surface area contributed by atoms with Crippen LogP contribution in [0.5, 0.6) is 0 Å². The zero-order chi connectivity index (χ0) is 52.7. The van der Waals surface area contributed by atoms with E-state index in [0.717, 1.165) is 45.5 Å². The second kappa shape index (κ2) is 18.7. The fraction of sp³-hybridized carbons (Fsp3) is 0.0263. The highest BCUT2D eigenvalue weighted by Gasteiger charge is 2.28. The maximum atomic E-state index is 2.44. The third kappa shape index (κ3) is 7.23. The monoisotopic (exact) mass is 1020 g/mol. The molecule has 2 unspecified atom stereocenters.